The molecule has 26 heavy (non-hydrogen) atoms. The van der Waals surface area contributed by atoms with Crippen molar-refractivity contribution < 1.29 is 19.2 Å². The van der Waals surface area contributed by atoms with Crippen LogP contribution in [0.3, 0.4) is 0 Å². The van der Waals surface area contributed by atoms with E-state index in [4.69, 9.17) is 9.47 Å². The zero-order valence-corrected chi connectivity index (χ0v) is 16.1. The number of methoxy groups -OCH3 is 2. The molecule has 0 fully saturated rings. The number of ether oxygens (including phenoxy) is 2. The van der Waals surface area contributed by atoms with Gasteiger partial charge in [0, 0.05) is 12.0 Å². The van der Waals surface area contributed by atoms with Crippen LogP contribution < -0.4 is 25.0 Å². The van der Waals surface area contributed by atoms with Crippen LogP contribution in [0.2, 0.25) is 0 Å². The largest absolute Gasteiger partial charge is 0.497 e. The zero-order valence-electron chi connectivity index (χ0n) is 15.3. The second kappa shape index (κ2) is 6.81. The molecule has 0 saturated heterocycles. The predicted octanol–water partition coefficient (Wildman–Crippen LogP) is 1.58. The van der Waals surface area contributed by atoms with Gasteiger partial charge in [0.05, 0.1) is 37.7 Å². The number of fused-ring (bicyclic) bond motifs is 3. The van der Waals surface area contributed by atoms with Crippen LogP contribution in [0, 0.1) is 0 Å². The molecular weight excluding hydrogens is 350 g/mol. The normalized spacial score (nSPS) is 21.3. The fourth-order valence-corrected chi connectivity index (χ4v) is 5.12. The van der Waals surface area contributed by atoms with Crippen molar-refractivity contribution in [2.45, 2.75) is 26.1 Å². The van der Waals surface area contributed by atoms with Gasteiger partial charge in [0.25, 0.3) is 5.91 Å². The summed E-state index contributed by atoms with van der Waals surface area (Å²) in [6, 6.07) is 5.61. The Morgan fingerprint density at radius 1 is 1.27 bits per heavy atom. The van der Waals surface area contributed by atoms with E-state index in [-0.39, 0.29) is 12.1 Å². The summed E-state index contributed by atoms with van der Waals surface area (Å²) in [4.78, 5) is 15.8. The molecule has 1 aromatic heterocycles. The minimum atomic E-state index is -0.338. The third kappa shape index (κ3) is 2.81. The first-order chi connectivity index (χ1) is 12.6. The van der Waals surface area contributed by atoms with Gasteiger partial charge in [-0.05, 0) is 30.7 Å². The Morgan fingerprint density at radius 2 is 2.12 bits per heavy atom. The summed E-state index contributed by atoms with van der Waals surface area (Å²) in [5, 5.41) is 7.56. The summed E-state index contributed by atoms with van der Waals surface area (Å²) in [5.41, 5.74) is 2.92. The number of anilines is 1. The highest BCUT2D eigenvalue weighted by Crippen LogP contribution is 2.40. The van der Waals surface area contributed by atoms with Crippen LogP contribution in [0.1, 0.15) is 39.5 Å². The summed E-state index contributed by atoms with van der Waals surface area (Å²) in [7, 11) is 3.26. The molecule has 2 atom stereocenters. The summed E-state index contributed by atoms with van der Waals surface area (Å²) in [6.07, 6.45) is 0.627. The molecule has 6 nitrogen and oxygen atoms in total. The molecule has 1 aromatic carbocycles. The van der Waals surface area contributed by atoms with Crippen molar-refractivity contribution >= 4 is 22.2 Å². The number of thiophene rings is 1. The molecule has 138 valence electrons. The molecule has 0 aliphatic carbocycles. The number of hydrogen-bond acceptors (Lipinski definition) is 5. The zero-order chi connectivity index (χ0) is 18.3. The first kappa shape index (κ1) is 17.2. The van der Waals surface area contributed by atoms with Crippen LogP contribution in [-0.2, 0) is 13.0 Å². The number of quaternary nitrogens is 1. The van der Waals surface area contributed by atoms with E-state index >= 15 is 0 Å². The lowest BCUT2D eigenvalue weighted by Gasteiger charge is -2.28. The monoisotopic (exact) mass is 374 g/mol. The van der Waals surface area contributed by atoms with Crippen molar-refractivity contribution in [1.82, 2.24) is 5.32 Å². The van der Waals surface area contributed by atoms with E-state index in [2.05, 4.69) is 17.6 Å². The van der Waals surface area contributed by atoms with Gasteiger partial charge in [0.15, 0.2) is 0 Å². The summed E-state index contributed by atoms with van der Waals surface area (Å²) >= 11 is 1.72. The summed E-state index contributed by atoms with van der Waals surface area (Å²) in [5.74, 6) is 1.44. The van der Waals surface area contributed by atoms with Gasteiger partial charge in [-0.3, -0.25) is 4.79 Å². The number of amides is 1. The van der Waals surface area contributed by atoms with Gasteiger partial charge >= 0.3 is 0 Å². The molecule has 3 N–H and O–H groups in total. The molecule has 2 aromatic rings. The van der Waals surface area contributed by atoms with E-state index in [1.807, 2.05) is 18.2 Å². The number of benzene rings is 1. The van der Waals surface area contributed by atoms with E-state index in [0.29, 0.717) is 0 Å². The maximum atomic E-state index is 12.9. The van der Waals surface area contributed by atoms with Gasteiger partial charge in [0.1, 0.15) is 29.2 Å². The number of nitrogens with one attached hydrogen (secondary N) is 3. The van der Waals surface area contributed by atoms with Crippen molar-refractivity contribution in [2.24, 2.45) is 0 Å². The van der Waals surface area contributed by atoms with Gasteiger partial charge in [-0.25, -0.2) is 0 Å². The molecule has 2 aliphatic rings. The van der Waals surface area contributed by atoms with E-state index < -0.39 is 0 Å². The van der Waals surface area contributed by atoms with Crippen molar-refractivity contribution in [3.63, 3.8) is 0 Å². The van der Waals surface area contributed by atoms with Crippen LogP contribution >= 0.6 is 11.3 Å². The maximum Gasteiger partial charge on any atom is 0.256 e. The number of carbonyl (C=O) groups is 1. The van der Waals surface area contributed by atoms with Crippen molar-refractivity contribution in [3.05, 3.63) is 39.8 Å². The van der Waals surface area contributed by atoms with E-state index in [1.165, 1.54) is 10.4 Å². The Morgan fingerprint density at radius 3 is 2.85 bits per heavy atom. The lowest BCUT2D eigenvalue weighted by atomic mass is 10.00. The third-order valence-corrected chi connectivity index (χ3v) is 6.42. The molecule has 3 heterocycles. The highest BCUT2D eigenvalue weighted by Gasteiger charge is 2.35. The Bertz CT molecular complexity index is 849. The molecule has 0 spiro atoms. The fourth-order valence-electron chi connectivity index (χ4n) is 3.77. The summed E-state index contributed by atoms with van der Waals surface area (Å²) in [6.45, 7) is 5.42. The van der Waals surface area contributed by atoms with Crippen LogP contribution in [0.5, 0.6) is 11.5 Å². The second-order valence-corrected chi connectivity index (χ2v) is 7.75. The van der Waals surface area contributed by atoms with Gasteiger partial charge in [0.2, 0.25) is 0 Å². The molecule has 4 rings (SSSR count). The van der Waals surface area contributed by atoms with Gasteiger partial charge < -0.3 is 25.0 Å². The first-order valence-electron chi connectivity index (χ1n) is 8.92. The van der Waals surface area contributed by atoms with Crippen LogP contribution in [0.4, 0.5) is 5.00 Å². The molecule has 2 unspecified atom stereocenters. The highest BCUT2D eigenvalue weighted by atomic mass is 32.1. The molecule has 7 heteroatoms. The first-order valence-corrected chi connectivity index (χ1v) is 9.73. The maximum absolute atomic E-state index is 12.9. The van der Waals surface area contributed by atoms with Gasteiger partial charge in [-0.15, -0.1) is 11.3 Å². The minimum absolute atomic E-state index is 0.00827. The van der Waals surface area contributed by atoms with E-state index in [9.17, 15) is 4.79 Å². The average molecular weight is 374 g/mol. The van der Waals surface area contributed by atoms with Crippen LogP contribution in [-0.4, -0.2) is 33.2 Å². The van der Waals surface area contributed by atoms with Crippen LogP contribution in [0.25, 0.3) is 0 Å². The molecule has 0 bridgehead atoms. The minimum Gasteiger partial charge on any atom is -0.497 e. The number of rotatable bonds is 4. The Balaban J connectivity index is 1.69. The van der Waals surface area contributed by atoms with E-state index in [1.54, 1.807) is 30.5 Å². The number of hydrogen-bond donors (Lipinski definition) is 3. The highest BCUT2D eigenvalue weighted by molar-refractivity contribution is 7.16. The Labute approximate surface area is 157 Å². The van der Waals surface area contributed by atoms with Crippen LogP contribution in [0.15, 0.2) is 18.2 Å². The SMILES string of the molecule is CC[NH+]1CCc2c(sc3c2C(=O)NC(c2cc(OC)ccc2OC)N3)C1. The molecular formula is C19H24N3O3S+. The number of carbonyl (C=O) groups excluding carboxylic acids is 1. The van der Waals surface area contributed by atoms with Gasteiger partial charge in [-0.2, -0.15) is 0 Å². The van der Waals surface area contributed by atoms with Gasteiger partial charge in [-0.1, -0.05) is 0 Å². The smallest absolute Gasteiger partial charge is 0.256 e. The Kier molecular flexibility index (Phi) is 4.50. The Hall–Kier alpha value is -2.25. The lowest BCUT2D eigenvalue weighted by molar-refractivity contribution is -0.913. The quantitative estimate of drug-likeness (QED) is 0.760. The average Bonchev–Trinajstić information content (AvgIpc) is 3.05. The second-order valence-electron chi connectivity index (χ2n) is 6.65. The summed E-state index contributed by atoms with van der Waals surface area (Å²) < 4.78 is 10.8. The van der Waals surface area contributed by atoms with Crippen molar-refractivity contribution in [1.29, 1.82) is 0 Å². The molecule has 2 aliphatic heterocycles. The molecule has 0 radical (unpaired) electrons. The molecule has 1 amide bonds. The lowest BCUT2D eigenvalue weighted by Crippen LogP contribution is -3.11. The topological polar surface area (TPSA) is 64.0 Å². The predicted molar refractivity (Wildman–Crippen MR) is 101 cm³/mol. The standard InChI is InChI=1S/C19H23N3O3S/c1-4-22-8-7-12-15(10-22)26-19-16(12)18(23)20-17(21-19)13-9-11(24-2)5-6-14(13)25-3/h5-6,9,17,21H,4,7-8,10H2,1-3H3,(H,20,23)/p+1. The number of likely N-dealkylation sites (N-methyl/N-ethyl adjacent to an activating group) is 1. The fraction of sp³-hybridized carbons (Fsp3) is 0.421. The van der Waals surface area contributed by atoms with Crippen molar-refractivity contribution in [3.8, 4) is 11.5 Å². The molecule has 0 saturated carbocycles. The van der Waals surface area contributed by atoms with E-state index in [0.717, 1.165) is 53.7 Å². The van der Waals surface area contributed by atoms with Crippen molar-refractivity contribution in [2.75, 3.05) is 32.6 Å². The third-order valence-electron chi connectivity index (χ3n) is 5.26.